The zero-order chi connectivity index (χ0) is 10.8. The summed E-state index contributed by atoms with van der Waals surface area (Å²) in [5.74, 6) is -0.550. The van der Waals surface area contributed by atoms with E-state index in [4.69, 9.17) is 4.42 Å². The molecule has 0 atom stereocenters. The van der Waals surface area contributed by atoms with Gasteiger partial charge in [0.25, 0.3) is 0 Å². The summed E-state index contributed by atoms with van der Waals surface area (Å²) in [6.45, 7) is 0.264. The van der Waals surface area contributed by atoms with Crippen molar-refractivity contribution in [1.82, 2.24) is 10.3 Å². The van der Waals surface area contributed by atoms with Crippen LogP contribution in [-0.2, 0) is 0 Å². The van der Waals surface area contributed by atoms with Gasteiger partial charge in [-0.1, -0.05) is 0 Å². The Kier molecular flexibility index (Phi) is 2.39. The van der Waals surface area contributed by atoms with Crippen molar-refractivity contribution in [2.75, 3.05) is 13.6 Å². The number of rotatable bonds is 3. The van der Waals surface area contributed by atoms with E-state index in [-0.39, 0.29) is 12.3 Å². The molecule has 0 spiro atoms. The van der Waals surface area contributed by atoms with Gasteiger partial charge in [-0.15, -0.1) is 0 Å². The minimum atomic E-state index is -0.511. The summed E-state index contributed by atoms with van der Waals surface area (Å²) >= 11 is 0. The molecule has 0 radical (unpaired) electrons. The Bertz CT molecular complexity index is 553. The molecule has 1 aromatic carbocycles. The number of oxazole rings is 1. The molecule has 2 aromatic rings. The Balaban J connectivity index is 2.46. The Morgan fingerprint density at radius 1 is 1.53 bits per heavy atom. The summed E-state index contributed by atoms with van der Waals surface area (Å²) in [5.41, 5.74) is 1.53. The average Bonchev–Trinajstić information content (AvgIpc) is 2.57. The molecular formula is C10H10N2O3. The van der Waals surface area contributed by atoms with Gasteiger partial charge in [-0.25, -0.2) is 4.79 Å². The maximum atomic E-state index is 11.5. The summed E-state index contributed by atoms with van der Waals surface area (Å²) < 4.78 is 4.85. The van der Waals surface area contributed by atoms with E-state index < -0.39 is 5.76 Å². The molecule has 5 nitrogen and oxygen atoms in total. The first-order chi connectivity index (χ1) is 7.20. The molecule has 0 aliphatic rings. The lowest BCUT2D eigenvalue weighted by molar-refractivity contribution is 0.0993. The van der Waals surface area contributed by atoms with E-state index in [9.17, 15) is 9.59 Å². The molecule has 0 amide bonds. The Morgan fingerprint density at radius 2 is 2.33 bits per heavy atom. The van der Waals surface area contributed by atoms with Crippen molar-refractivity contribution in [2.24, 2.45) is 0 Å². The third kappa shape index (κ3) is 1.82. The second kappa shape index (κ2) is 3.70. The Hall–Kier alpha value is -1.88. The number of carbonyl (C=O) groups excluding carboxylic acids is 1. The maximum Gasteiger partial charge on any atom is 0.417 e. The molecule has 0 saturated carbocycles. The quantitative estimate of drug-likeness (QED) is 0.718. The second-order valence-electron chi connectivity index (χ2n) is 3.18. The van der Waals surface area contributed by atoms with Gasteiger partial charge in [-0.2, -0.15) is 0 Å². The van der Waals surface area contributed by atoms with Gasteiger partial charge in [-0.3, -0.25) is 9.78 Å². The van der Waals surface area contributed by atoms with Gasteiger partial charge in [0, 0.05) is 5.56 Å². The van der Waals surface area contributed by atoms with Crippen LogP contribution in [0.3, 0.4) is 0 Å². The summed E-state index contributed by atoms with van der Waals surface area (Å²) in [4.78, 5) is 24.9. The van der Waals surface area contributed by atoms with Crippen molar-refractivity contribution in [3.63, 3.8) is 0 Å². The number of H-pyrrole nitrogens is 1. The fraction of sp³-hybridized carbons (Fsp3) is 0.200. The molecule has 1 aromatic heterocycles. The van der Waals surface area contributed by atoms with E-state index in [1.165, 1.54) is 0 Å². The molecule has 0 aliphatic carbocycles. The number of likely N-dealkylation sites (N-methyl/N-ethyl adjacent to an activating group) is 1. The van der Waals surface area contributed by atoms with E-state index in [0.29, 0.717) is 16.7 Å². The van der Waals surface area contributed by atoms with E-state index >= 15 is 0 Å². The smallest absolute Gasteiger partial charge is 0.408 e. The standard InChI is InChI=1S/C10H10N2O3/c1-11-5-8(13)6-2-3-7-9(4-6)15-10(14)12-7/h2-4,11H,5H2,1H3,(H,12,14). The van der Waals surface area contributed by atoms with E-state index in [1.54, 1.807) is 25.2 Å². The maximum absolute atomic E-state index is 11.5. The van der Waals surface area contributed by atoms with Gasteiger partial charge in [-0.05, 0) is 25.2 Å². The average molecular weight is 206 g/mol. The van der Waals surface area contributed by atoms with Crippen LogP contribution < -0.4 is 11.1 Å². The van der Waals surface area contributed by atoms with E-state index in [0.717, 1.165) is 0 Å². The largest absolute Gasteiger partial charge is 0.417 e. The molecule has 2 N–H and O–H groups in total. The summed E-state index contributed by atoms with van der Waals surface area (Å²) in [6.07, 6.45) is 0. The van der Waals surface area contributed by atoms with Crippen LogP contribution in [0.1, 0.15) is 10.4 Å². The van der Waals surface area contributed by atoms with Gasteiger partial charge in [0.05, 0.1) is 12.1 Å². The lowest BCUT2D eigenvalue weighted by Crippen LogP contribution is -2.18. The van der Waals surface area contributed by atoms with E-state index in [2.05, 4.69) is 10.3 Å². The zero-order valence-corrected chi connectivity index (χ0v) is 8.16. The number of Topliss-reactive ketones (excluding diaryl/α,β-unsaturated/α-hetero) is 1. The number of aromatic nitrogens is 1. The van der Waals surface area contributed by atoms with Crippen LogP contribution in [-0.4, -0.2) is 24.4 Å². The first kappa shape index (κ1) is 9.67. The van der Waals surface area contributed by atoms with Gasteiger partial charge < -0.3 is 9.73 Å². The number of nitrogens with one attached hydrogen (secondary N) is 2. The van der Waals surface area contributed by atoms with Crippen molar-refractivity contribution in [3.05, 3.63) is 34.3 Å². The molecule has 5 heteroatoms. The van der Waals surface area contributed by atoms with Crippen LogP contribution in [0.4, 0.5) is 0 Å². The third-order valence-electron chi connectivity index (χ3n) is 2.08. The highest BCUT2D eigenvalue weighted by Crippen LogP contribution is 2.12. The van der Waals surface area contributed by atoms with Gasteiger partial charge in [0.1, 0.15) is 0 Å². The number of fused-ring (bicyclic) bond motifs is 1. The molecule has 78 valence electrons. The monoisotopic (exact) mass is 206 g/mol. The van der Waals surface area contributed by atoms with Crippen molar-refractivity contribution in [2.45, 2.75) is 0 Å². The predicted octanol–water partition coefficient (Wildman–Crippen LogP) is 0.523. The SMILES string of the molecule is CNCC(=O)c1ccc2[nH]c(=O)oc2c1. The molecule has 0 bridgehead atoms. The number of benzene rings is 1. The summed E-state index contributed by atoms with van der Waals surface area (Å²) in [6, 6.07) is 4.88. The minimum absolute atomic E-state index is 0.0387. The second-order valence-corrected chi connectivity index (χ2v) is 3.18. The van der Waals surface area contributed by atoms with Crippen LogP contribution in [0.15, 0.2) is 27.4 Å². The fourth-order valence-corrected chi connectivity index (χ4v) is 1.38. The van der Waals surface area contributed by atoms with Crippen molar-refractivity contribution in [3.8, 4) is 0 Å². The van der Waals surface area contributed by atoms with Crippen LogP contribution in [0.25, 0.3) is 11.1 Å². The van der Waals surface area contributed by atoms with Gasteiger partial charge in [0.2, 0.25) is 0 Å². The first-order valence-electron chi connectivity index (χ1n) is 4.51. The lowest BCUT2D eigenvalue weighted by Gasteiger charge is -1.98. The van der Waals surface area contributed by atoms with Crippen molar-refractivity contribution in [1.29, 1.82) is 0 Å². The Morgan fingerprint density at radius 3 is 3.07 bits per heavy atom. The summed E-state index contributed by atoms with van der Waals surface area (Å²) in [5, 5.41) is 2.77. The zero-order valence-electron chi connectivity index (χ0n) is 8.16. The molecule has 0 saturated heterocycles. The molecule has 15 heavy (non-hydrogen) atoms. The number of carbonyl (C=O) groups is 1. The first-order valence-corrected chi connectivity index (χ1v) is 4.51. The number of hydrogen-bond donors (Lipinski definition) is 2. The van der Waals surface area contributed by atoms with Gasteiger partial charge in [0.15, 0.2) is 11.4 Å². The van der Waals surface area contributed by atoms with Crippen LogP contribution in [0.2, 0.25) is 0 Å². The van der Waals surface area contributed by atoms with Crippen LogP contribution >= 0.6 is 0 Å². The van der Waals surface area contributed by atoms with Gasteiger partial charge >= 0.3 is 5.76 Å². The highest BCUT2D eigenvalue weighted by molar-refractivity contribution is 5.99. The number of ketones is 1. The Labute approximate surface area is 85.1 Å². The third-order valence-corrected chi connectivity index (χ3v) is 2.08. The van der Waals surface area contributed by atoms with Crippen LogP contribution in [0.5, 0.6) is 0 Å². The van der Waals surface area contributed by atoms with Crippen molar-refractivity contribution < 1.29 is 9.21 Å². The molecule has 0 fully saturated rings. The predicted molar refractivity (Wildman–Crippen MR) is 55.1 cm³/mol. The topological polar surface area (TPSA) is 75.1 Å². The van der Waals surface area contributed by atoms with E-state index in [1.807, 2.05) is 0 Å². The molecule has 0 unspecified atom stereocenters. The molecular weight excluding hydrogens is 196 g/mol. The number of aromatic amines is 1. The normalized spacial score (nSPS) is 10.7. The fourth-order valence-electron chi connectivity index (χ4n) is 1.38. The highest BCUT2D eigenvalue weighted by atomic mass is 16.4. The van der Waals surface area contributed by atoms with Crippen LogP contribution in [0, 0.1) is 0 Å². The minimum Gasteiger partial charge on any atom is -0.408 e. The molecule has 2 rings (SSSR count). The lowest BCUT2D eigenvalue weighted by atomic mass is 10.1. The summed E-state index contributed by atoms with van der Waals surface area (Å²) in [7, 11) is 1.70. The molecule has 0 aliphatic heterocycles. The number of hydrogen-bond acceptors (Lipinski definition) is 4. The van der Waals surface area contributed by atoms with Crippen molar-refractivity contribution >= 4 is 16.9 Å². The highest BCUT2D eigenvalue weighted by Gasteiger charge is 2.07. The molecule has 1 heterocycles.